The highest BCUT2D eigenvalue weighted by Crippen LogP contribution is 2.49. The number of methoxy groups -OCH3 is 3. The molecule has 0 saturated carbocycles. The van der Waals surface area contributed by atoms with Crippen molar-refractivity contribution in [1.29, 1.82) is 0 Å². The number of fused-ring (bicyclic) bond motifs is 3. The van der Waals surface area contributed by atoms with Crippen LogP contribution in [0.25, 0.3) is 6.08 Å². The molecule has 0 radical (unpaired) electrons. The zero-order chi connectivity index (χ0) is 23.8. The summed E-state index contributed by atoms with van der Waals surface area (Å²) in [6.45, 7) is 0. The van der Waals surface area contributed by atoms with E-state index in [1.807, 2.05) is 30.3 Å². The minimum Gasteiger partial charge on any atom is -0.497 e. The Morgan fingerprint density at radius 1 is 0.882 bits per heavy atom. The van der Waals surface area contributed by atoms with Gasteiger partial charge in [0.25, 0.3) is 0 Å². The van der Waals surface area contributed by atoms with Crippen LogP contribution in [0.1, 0.15) is 39.4 Å². The summed E-state index contributed by atoms with van der Waals surface area (Å²) in [5.41, 5.74) is 2.64. The van der Waals surface area contributed by atoms with Gasteiger partial charge in [0.2, 0.25) is 5.78 Å². The van der Waals surface area contributed by atoms with Crippen molar-refractivity contribution in [3.8, 4) is 28.7 Å². The molecule has 0 spiro atoms. The fourth-order valence-corrected chi connectivity index (χ4v) is 4.39. The Morgan fingerprint density at radius 2 is 1.68 bits per heavy atom. The maximum Gasteiger partial charge on any atom is 0.312 e. The number of para-hydroxylation sites is 1. The smallest absolute Gasteiger partial charge is 0.312 e. The molecule has 172 valence electrons. The van der Waals surface area contributed by atoms with Crippen molar-refractivity contribution in [2.75, 3.05) is 21.3 Å². The van der Waals surface area contributed by atoms with Crippen LogP contribution in [-0.4, -0.2) is 33.1 Å². The van der Waals surface area contributed by atoms with Crippen molar-refractivity contribution in [1.82, 2.24) is 0 Å². The molecule has 7 nitrogen and oxygen atoms in total. The van der Waals surface area contributed by atoms with Crippen LogP contribution in [0.2, 0.25) is 0 Å². The molecule has 0 saturated heterocycles. The molecule has 1 unspecified atom stereocenters. The van der Waals surface area contributed by atoms with Gasteiger partial charge in [0.15, 0.2) is 17.3 Å². The van der Waals surface area contributed by atoms with Gasteiger partial charge in [-0.25, -0.2) is 0 Å². The lowest BCUT2D eigenvalue weighted by Gasteiger charge is -2.26. The van der Waals surface area contributed by atoms with Gasteiger partial charge in [0.1, 0.15) is 17.2 Å². The number of hydrogen-bond donors (Lipinski definition) is 0. The minimum absolute atomic E-state index is 0.135. The molecule has 0 N–H and O–H groups in total. The van der Waals surface area contributed by atoms with Crippen molar-refractivity contribution < 1.29 is 33.3 Å². The van der Waals surface area contributed by atoms with E-state index in [1.165, 1.54) is 7.11 Å². The first-order valence-corrected chi connectivity index (χ1v) is 10.7. The van der Waals surface area contributed by atoms with Crippen LogP contribution in [0, 0.1) is 0 Å². The number of rotatable bonds is 5. The second-order valence-electron chi connectivity index (χ2n) is 7.88. The zero-order valence-electron chi connectivity index (χ0n) is 18.9. The zero-order valence-corrected chi connectivity index (χ0v) is 18.9. The summed E-state index contributed by atoms with van der Waals surface area (Å²) < 4.78 is 27.7. The Balaban J connectivity index is 1.59. The molecule has 0 aliphatic carbocycles. The van der Waals surface area contributed by atoms with Crippen molar-refractivity contribution in [2.24, 2.45) is 0 Å². The maximum absolute atomic E-state index is 13.2. The summed E-state index contributed by atoms with van der Waals surface area (Å²) >= 11 is 0. The third-order valence-electron chi connectivity index (χ3n) is 6.02. The SMILES string of the molecule is COc1ccc(C2CC(=O)Oc3ccc4c(c32)O/C(=C\c2cccc(OC)c2OC)C4=O)cc1. The van der Waals surface area contributed by atoms with Gasteiger partial charge in [-0.05, 0) is 42.0 Å². The highest BCUT2D eigenvalue weighted by Gasteiger charge is 2.38. The predicted octanol–water partition coefficient (Wildman–Crippen LogP) is 4.77. The first-order valence-electron chi connectivity index (χ1n) is 10.7. The summed E-state index contributed by atoms with van der Waals surface area (Å²) in [4.78, 5) is 25.6. The summed E-state index contributed by atoms with van der Waals surface area (Å²) in [6, 6.07) is 16.2. The van der Waals surface area contributed by atoms with E-state index in [2.05, 4.69) is 0 Å². The molecule has 2 aliphatic rings. The molecule has 0 amide bonds. The Labute approximate surface area is 196 Å². The molecule has 0 bridgehead atoms. The Kier molecular flexibility index (Phi) is 5.45. The van der Waals surface area contributed by atoms with E-state index in [1.54, 1.807) is 44.6 Å². The minimum atomic E-state index is -0.338. The highest BCUT2D eigenvalue weighted by molar-refractivity contribution is 6.15. The lowest BCUT2D eigenvalue weighted by atomic mass is 9.84. The third-order valence-corrected chi connectivity index (χ3v) is 6.02. The average Bonchev–Trinajstić information content (AvgIpc) is 3.18. The Bertz CT molecular complexity index is 1320. The number of benzene rings is 3. The fourth-order valence-electron chi connectivity index (χ4n) is 4.39. The molecular weight excluding hydrogens is 436 g/mol. The molecule has 34 heavy (non-hydrogen) atoms. The van der Waals surface area contributed by atoms with Crippen LogP contribution >= 0.6 is 0 Å². The largest absolute Gasteiger partial charge is 0.497 e. The van der Waals surface area contributed by atoms with Gasteiger partial charge >= 0.3 is 5.97 Å². The number of esters is 1. The molecule has 7 heteroatoms. The van der Waals surface area contributed by atoms with E-state index < -0.39 is 0 Å². The molecule has 1 atom stereocenters. The highest BCUT2D eigenvalue weighted by atomic mass is 16.5. The molecule has 0 fully saturated rings. The van der Waals surface area contributed by atoms with Gasteiger partial charge in [-0.3, -0.25) is 9.59 Å². The van der Waals surface area contributed by atoms with Crippen LogP contribution in [0.15, 0.2) is 60.4 Å². The quantitative estimate of drug-likeness (QED) is 0.310. The number of ether oxygens (including phenoxy) is 5. The normalized spacial score (nSPS) is 17.5. The molecule has 0 aromatic heterocycles. The summed E-state index contributed by atoms with van der Waals surface area (Å²) in [6.07, 6.45) is 1.77. The molecule has 2 heterocycles. The van der Waals surface area contributed by atoms with Gasteiger partial charge in [-0.2, -0.15) is 0 Å². The molecule has 2 aliphatic heterocycles. The first-order chi connectivity index (χ1) is 16.5. The average molecular weight is 458 g/mol. The molecular formula is C27H22O7. The standard InChI is InChI=1S/C27H22O7/c1-30-17-9-7-15(8-10-17)19-14-23(28)33-20-12-11-18-25(29)22(34-27(18)24(19)20)13-16-5-4-6-21(31-2)26(16)32-3/h4-13,19H,14H2,1-3H3/b22-13-. The predicted molar refractivity (Wildman–Crippen MR) is 124 cm³/mol. The number of hydrogen-bond acceptors (Lipinski definition) is 7. The second-order valence-corrected chi connectivity index (χ2v) is 7.88. The van der Waals surface area contributed by atoms with Crippen LogP contribution in [-0.2, 0) is 4.79 Å². The lowest BCUT2D eigenvalue weighted by molar-refractivity contribution is -0.135. The van der Waals surface area contributed by atoms with E-state index in [9.17, 15) is 9.59 Å². The van der Waals surface area contributed by atoms with E-state index in [-0.39, 0.29) is 29.9 Å². The van der Waals surface area contributed by atoms with Gasteiger partial charge in [0.05, 0.1) is 33.3 Å². The van der Waals surface area contributed by atoms with Gasteiger partial charge < -0.3 is 23.7 Å². The summed E-state index contributed by atoms with van der Waals surface area (Å²) in [5.74, 6) is 1.79. The second kappa shape index (κ2) is 8.59. The summed E-state index contributed by atoms with van der Waals surface area (Å²) in [5, 5.41) is 0. The number of Topliss-reactive ketones (excluding diaryl/α,β-unsaturated/α-hetero) is 1. The molecule has 3 aromatic rings. The van der Waals surface area contributed by atoms with Gasteiger partial charge in [-0.15, -0.1) is 0 Å². The van der Waals surface area contributed by atoms with Gasteiger partial charge in [-0.1, -0.05) is 24.3 Å². The number of ketones is 1. The van der Waals surface area contributed by atoms with Crippen LogP contribution in [0.4, 0.5) is 0 Å². The third kappa shape index (κ3) is 3.55. The van der Waals surface area contributed by atoms with Crippen LogP contribution in [0.3, 0.4) is 0 Å². The lowest BCUT2D eigenvalue weighted by Crippen LogP contribution is -2.21. The fraction of sp³-hybridized carbons (Fsp3) is 0.185. The number of allylic oxidation sites excluding steroid dienone is 1. The topological polar surface area (TPSA) is 80.3 Å². The molecule has 5 rings (SSSR count). The van der Waals surface area contributed by atoms with Crippen LogP contribution < -0.4 is 23.7 Å². The van der Waals surface area contributed by atoms with E-state index in [4.69, 9.17) is 23.7 Å². The monoisotopic (exact) mass is 458 g/mol. The van der Waals surface area contributed by atoms with Crippen molar-refractivity contribution in [3.05, 3.63) is 82.6 Å². The first kappa shape index (κ1) is 21.6. The molecule has 3 aromatic carbocycles. The van der Waals surface area contributed by atoms with Crippen LogP contribution in [0.5, 0.6) is 28.7 Å². The Morgan fingerprint density at radius 3 is 2.38 bits per heavy atom. The van der Waals surface area contributed by atoms with E-state index in [0.717, 1.165) is 5.56 Å². The van der Waals surface area contributed by atoms with E-state index >= 15 is 0 Å². The summed E-state index contributed by atoms with van der Waals surface area (Å²) in [7, 11) is 4.69. The number of carbonyl (C=O) groups is 2. The maximum atomic E-state index is 13.2. The van der Waals surface area contributed by atoms with Crippen molar-refractivity contribution in [2.45, 2.75) is 12.3 Å². The van der Waals surface area contributed by atoms with Crippen molar-refractivity contribution >= 4 is 17.8 Å². The van der Waals surface area contributed by atoms with Crippen molar-refractivity contribution in [3.63, 3.8) is 0 Å². The number of carbonyl (C=O) groups excluding carboxylic acids is 2. The Hall–Kier alpha value is -4.26. The van der Waals surface area contributed by atoms with E-state index in [0.29, 0.717) is 45.4 Å². The van der Waals surface area contributed by atoms with Gasteiger partial charge in [0, 0.05) is 17.0 Å².